The Hall–Kier alpha value is -2.11. The number of nitro groups is 1. The van der Waals surface area contributed by atoms with E-state index in [2.05, 4.69) is 5.32 Å². The zero-order valence-electron chi connectivity index (χ0n) is 9.05. The lowest BCUT2D eigenvalue weighted by atomic mass is 9.95. The van der Waals surface area contributed by atoms with Crippen LogP contribution in [0.3, 0.4) is 0 Å². The van der Waals surface area contributed by atoms with Gasteiger partial charge in [-0.15, -0.1) is 0 Å². The molecule has 1 aliphatic heterocycles. The molecule has 0 aliphatic carbocycles. The SMILES string of the molecule is O=C(O)CCC1CNc2cccc([N+](=O)[O-])c21. The normalized spacial score (nSPS) is 17.3. The number of carboxylic acids is 1. The van der Waals surface area contributed by atoms with Crippen LogP contribution < -0.4 is 5.32 Å². The van der Waals surface area contributed by atoms with Gasteiger partial charge >= 0.3 is 5.97 Å². The first kappa shape index (κ1) is 11.4. The fourth-order valence-electron chi connectivity index (χ4n) is 2.17. The molecular formula is C11H12N2O4. The van der Waals surface area contributed by atoms with Crippen molar-refractivity contribution in [3.63, 3.8) is 0 Å². The molecule has 2 N–H and O–H groups in total. The topological polar surface area (TPSA) is 92.5 Å². The van der Waals surface area contributed by atoms with Crippen molar-refractivity contribution in [2.45, 2.75) is 18.8 Å². The molecule has 90 valence electrons. The number of nitrogens with zero attached hydrogens (tertiary/aromatic N) is 1. The minimum atomic E-state index is -0.878. The number of nitrogens with one attached hydrogen (secondary N) is 1. The highest BCUT2D eigenvalue weighted by Gasteiger charge is 2.30. The Morgan fingerprint density at radius 2 is 2.35 bits per heavy atom. The van der Waals surface area contributed by atoms with Crippen LogP contribution >= 0.6 is 0 Å². The molecule has 1 aromatic rings. The summed E-state index contributed by atoms with van der Waals surface area (Å²) in [5.41, 5.74) is 1.45. The number of benzene rings is 1. The third-order valence-corrected chi connectivity index (χ3v) is 2.93. The molecule has 0 bridgehead atoms. The molecule has 1 aliphatic rings. The third-order valence-electron chi connectivity index (χ3n) is 2.93. The molecule has 6 heteroatoms. The van der Waals surface area contributed by atoms with Crippen molar-refractivity contribution in [3.05, 3.63) is 33.9 Å². The zero-order valence-corrected chi connectivity index (χ0v) is 9.05. The Balaban J connectivity index is 2.28. The van der Waals surface area contributed by atoms with Crippen LogP contribution in [0, 0.1) is 10.1 Å². The van der Waals surface area contributed by atoms with Gasteiger partial charge in [0.15, 0.2) is 0 Å². The molecule has 17 heavy (non-hydrogen) atoms. The van der Waals surface area contributed by atoms with Gasteiger partial charge in [0.25, 0.3) is 5.69 Å². The second kappa shape index (κ2) is 4.40. The second-order valence-corrected chi connectivity index (χ2v) is 4.01. The number of hydrogen-bond acceptors (Lipinski definition) is 4. The summed E-state index contributed by atoms with van der Waals surface area (Å²) in [7, 11) is 0. The van der Waals surface area contributed by atoms with Crippen molar-refractivity contribution in [2.24, 2.45) is 0 Å². The Bertz CT molecular complexity index is 473. The average Bonchev–Trinajstić information content (AvgIpc) is 2.69. The van der Waals surface area contributed by atoms with E-state index in [1.54, 1.807) is 12.1 Å². The van der Waals surface area contributed by atoms with Gasteiger partial charge in [-0.05, 0) is 12.5 Å². The molecule has 1 heterocycles. The molecule has 1 aromatic carbocycles. The van der Waals surface area contributed by atoms with Gasteiger partial charge in [0.2, 0.25) is 0 Å². The van der Waals surface area contributed by atoms with Crippen LogP contribution in [-0.2, 0) is 4.79 Å². The van der Waals surface area contributed by atoms with Gasteiger partial charge in [-0.1, -0.05) is 6.07 Å². The van der Waals surface area contributed by atoms with Crippen LogP contribution in [0.2, 0.25) is 0 Å². The number of rotatable bonds is 4. The highest BCUT2D eigenvalue weighted by atomic mass is 16.6. The van der Waals surface area contributed by atoms with E-state index in [0.29, 0.717) is 18.5 Å². The van der Waals surface area contributed by atoms with Gasteiger partial charge in [0.05, 0.1) is 10.5 Å². The van der Waals surface area contributed by atoms with Gasteiger partial charge in [-0.3, -0.25) is 14.9 Å². The van der Waals surface area contributed by atoms with E-state index in [1.165, 1.54) is 6.07 Å². The van der Waals surface area contributed by atoms with Crippen molar-refractivity contribution in [2.75, 3.05) is 11.9 Å². The van der Waals surface area contributed by atoms with Gasteiger partial charge in [-0.2, -0.15) is 0 Å². The molecule has 6 nitrogen and oxygen atoms in total. The van der Waals surface area contributed by atoms with Crippen LogP contribution in [0.4, 0.5) is 11.4 Å². The Labute approximate surface area is 97.4 Å². The highest BCUT2D eigenvalue weighted by Crippen LogP contribution is 2.40. The fraction of sp³-hybridized carbons (Fsp3) is 0.364. The highest BCUT2D eigenvalue weighted by molar-refractivity contribution is 5.69. The molecule has 0 amide bonds. The van der Waals surface area contributed by atoms with Gasteiger partial charge in [-0.25, -0.2) is 0 Å². The van der Waals surface area contributed by atoms with Crippen LogP contribution in [0.5, 0.6) is 0 Å². The van der Waals surface area contributed by atoms with Crippen molar-refractivity contribution in [3.8, 4) is 0 Å². The Morgan fingerprint density at radius 1 is 1.59 bits per heavy atom. The number of carbonyl (C=O) groups is 1. The lowest BCUT2D eigenvalue weighted by Crippen LogP contribution is -2.06. The summed E-state index contributed by atoms with van der Waals surface area (Å²) in [6.07, 6.45) is 0.442. The van der Waals surface area contributed by atoms with Crippen LogP contribution in [0.25, 0.3) is 0 Å². The van der Waals surface area contributed by atoms with Crippen molar-refractivity contribution in [1.29, 1.82) is 0 Å². The zero-order chi connectivity index (χ0) is 12.4. The standard InChI is InChI=1S/C11H12N2O4/c14-10(15)5-4-7-6-12-8-2-1-3-9(11(7)8)13(16)17/h1-3,7,12H,4-6H2,(H,14,15). The molecule has 0 fully saturated rings. The number of nitro benzene ring substituents is 1. The summed E-state index contributed by atoms with van der Waals surface area (Å²) >= 11 is 0. The first-order valence-electron chi connectivity index (χ1n) is 5.32. The second-order valence-electron chi connectivity index (χ2n) is 4.01. The summed E-state index contributed by atoms with van der Waals surface area (Å²) in [5.74, 6) is -0.972. The fourth-order valence-corrected chi connectivity index (χ4v) is 2.17. The van der Waals surface area contributed by atoms with Crippen molar-refractivity contribution < 1.29 is 14.8 Å². The summed E-state index contributed by atoms with van der Waals surface area (Å²) in [4.78, 5) is 21.0. The molecule has 0 spiro atoms. The molecule has 1 unspecified atom stereocenters. The summed E-state index contributed by atoms with van der Waals surface area (Å²) in [6, 6.07) is 4.87. The molecule has 1 atom stereocenters. The molecular weight excluding hydrogens is 224 g/mol. The summed E-state index contributed by atoms with van der Waals surface area (Å²) in [5, 5.41) is 22.6. The first-order valence-corrected chi connectivity index (χ1v) is 5.32. The van der Waals surface area contributed by atoms with E-state index in [-0.39, 0.29) is 18.0 Å². The minimum Gasteiger partial charge on any atom is -0.481 e. The number of anilines is 1. The maximum Gasteiger partial charge on any atom is 0.303 e. The van der Waals surface area contributed by atoms with E-state index in [9.17, 15) is 14.9 Å². The number of aliphatic carboxylic acids is 1. The van der Waals surface area contributed by atoms with Crippen molar-refractivity contribution in [1.82, 2.24) is 0 Å². The van der Waals surface area contributed by atoms with Gasteiger partial charge < -0.3 is 10.4 Å². The van der Waals surface area contributed by atoms with Gasteiger partial charge in [0, 0.05) is 30.6 Å². The van der Waals surface area contributed by atoms with E-state index in [4.69, 9.17) is 5.11 Å². The lowest BCUT2D eigenvalue weighted by Gasteiger charge is -2.08. The largest absolute Gasteiger partial charge is 0.481 e. The van der Waals surface area contributed by atoms with Crippen LogP contribution in [0.1, 0.15) is 24.3 Å². The quantitative estimate of drug-likeness (QED) is 0.615. The van der Waals surface area contributed by atoms with E-state index in [0.717, 1.165) is 5.69 Å². The molecule has 0 saturated heterocycles. The monoisotopic (exact) mass is 236 g/mol. The smallest absolute Gasteiger partial charge is 0.303 e. The molecule has 2 rings (SSSR count). The number of carboxylic acid groups (broad SMARTS) is 1. The van der Waals surface area contributed by atoms with Crippen LogP contribution in [-0.4, -0.2) is 22.5 Å². The Morgan fingerprint density at radius 3 is 3.00 bits per heavy atom. The predicted molar refractivity (Wildman–Crippen MR) is 61.2 cm³/mol. The van der Waals surface area contributed by atoms with E-state index in [1.807, 2.05) is 0 Å². The lowest BCUT2D eigenvalue weighted by molar-refractivity contribution is -0.385. The third kappa shape index (κ3) is 2.20. The maximum atomic E-state index is 10.9. The van der Waals surface area contributed by atoms with Gasteiger partial charge in [0.1, 0.15) is 0 Å². The minimum absolute atomic E-state index is 0.0256. The summed E-state index contributed by atoms with van der Waals surface area (Å²) in [6.45, 7) is 0.563. The summed E-state index contributed by atoms with van der Waals surface area (Å²) < 4.78 is 0. The van der Waals surface area contributed by atoms with E-state index >= 15 is 0 Å². The maximum absolute atomic E-state index is 10.9. The van der Waals surface area contributed by atoms with Crippen LogP contribution in [0.15, 0.2) is 18.2 Å². The number of fused-ring (bicyclic) bond motifs is 1. The Kier molecular flexibility index (Phi) is 2.95. The van der Waals surface area contributed by atoms with Crippen molar-refractivity contribution >= 4 is 17.3 Å². The molecule has 0 radical (unpaired) electrons. The molecule has 0 aromatic heterocycles. The average molecular weight is 236 g/mol. The number of hydrogen-bond donors (Lipinski definition) is 2. The van der Waals surface area contributed by atoms with E-state index < -0.39 is 10.9 Å². The molecule has 0 saturated carbocycles. The predicted octanol–water partition coefficient (Wildman–Crippen LogP) is 1.97. The first-order chi connectivity index (χ1) is 8.09.